The summed E-state index contributed by atoms with van der Waals surface area (Å²) in [5.74, 6) is 0.304. The van der Waals surface area contributed by atoms with Crippen LogP contribution in [0.3, 0.4) is 0 Å². The predicted octanol–water partition coefficient (Wildman–Crippen LogP) is 2.94. The van der Waals surface area contributed by atoms with E-state index in [9.17, 15) is 14.0 Å². The summed E-state index contributed by atoms with van der Waals surface area (Å²) >= 11 is 0. The summed E-state index contributed by atoms with van der Waals surface area (Å²) in [6.07, 6.45) is 3.42. The quantitative estimate of drug-likeness (QED) is 0.398. The lowest BCUT2D eigenvalue weighted by molar-refractivity contribution is 0.00890. The number of rotatable bonds is 7. The molecule has 3 fully saturated rings. The van der Waals surface area contributed by atoms with Crippen LogP contribution in [0.1, 0.15) is 34.6 Å². The van der Waals surface area contributed by atoms with Crippen LogP contribution in [0, 0.1) is 17.3 Å². The summed E-state index contributed by atoms with van der Waals surface area (Å²) in [6, 6.07) is 14.6. The number of fused-ring (bicyclic) bond motifs is 3. The molecule has 3 aliphatic rings. The van der Waals surface area contributed by atoms with Crippen LogP contribution in [-0.2, 0) is 13.1 Å². The number of carbonyl (C=O) groups excluding carboxylic acids is 1. The number of H-pyrrole nitrogens is 1. The Morgan fingerprint density at radius 2 is 2.12 bits per heavy atom. The number of hydrogen-bond acceptors (Lipinski definition) is 4. The second kappa shape index (κ2) is 6.76. The Kier molecular flexibility index (Phi) is 3.96. The molecule has 0 bridgehead atoms. The van der Waals surface area contributed by atoms with Gasteiger partial charge in [-0.25, -0.2) is 9.37 Å². The summed E-state index contributed by atoms with van der Waals surface area (Å²) in [7, 11) is 0. The molecular formula is C26H24FN5O2. The molecule has 3 aromatic heterocycles. The van der Waals surface area contributed by atoms with Gasteiger partial charge in [0.05, 0.1) is 0 Å². The van der Waals surface area contributed by atoms with Gasteiger partial charge in [0.1, 0.15) is 17.0 Å². The van der Waals surface area contributed by atoms with Gasteiger partial charge >= 0.3 is 0 Å². The Bertz CT molecular complexity index is 1540. The van der Waals surface area contributed by atoms with E-state index in [2.05, 4.69) is 26.7 Å². The summed E-state index contributed by atoms with van der Waals surface area (Å²) in [6.45, 7) is 1.94. The predicted molar refractivity (Wildman–Crippen MR) is 125 cm³/mol. The lowest BCUT2D eigenvalue weighted by atomic mass is 9.62. The number of nitrogens with zero attached hydrogens (tertiary/aromatic N) is 2. The Morgan fingerprint density at radius 1 is 1.21 bits per heavy atom. The van der Waals surface area contributed by atoms with Gasteiger partial charge in [-0.1, -0.05) is 18.2 Å². The molecule has 7 rings (SSSR count). The lowest BCUT2D eigenvalue weighted by Gasteiger charge is -2.45. The number of halogens is 1. The fourth-order valence-electron chi connectivity index (χ4n) is 6.52. The molecule has 172 valence electrons. The lowest BCUT2D eigenvalue weighted by Crippen LogP contribution is -2.48. The van der Waals surface area contributed by atoms with Crippen LogP contribution in [0.25, 0.3) is 16.6 Å². The van der Waals surface area contributed by atoms with Gasteiger partial charge in [0, 0.05) is 54.9 Å². The van der Waals surface area contributed by atoms with Crippen LogP contribution in [-0.4, -0.2) is 32.5 Å². The molecule has 0 radical (unpaired) electrons. The molecule has 0 spiro atoms. The van der Waals surface area contributed by atoms with E-state index in [-0.39, 0.29) is 22.6 Å². The highest BCUT2D eigenvalue weighted by Gasteiger charge is 2.90. The van der Waals surface area contributed by atoms with Crippen LogP contribution in [0.5, 0.6) is 0 Å². The number of nitrogens with one attached hydrogen (secondary N) is 3. The molecule has 0 saturated heterocycles. The first-order valence-electron chi connectivity index (χ1n) is 11.7. The van der Waals surface area contributed by atoms with Gasteiger partial charge in [-0.05, 0) is 53.5 Å². The molecule has 1 amide bonds. The van der Waals surface area contributed by atoms with Crippen LogP contribution >= 0.6 is 0 Å². The number of hydrogen-bond donors (Lipinski definition) is 3. The van der Waals surface area contributed by atoms with E-state index in [0.717, 1.165) is 48.1 Å². The largest absolute Gasteiger partial charge is 0.357 e. The third-order valence-corrected chi connectivity index (χ3v) is 8.13. The van der Waals surface area contributed by atoms with Gasteiger partial charge in [0.25, 0.3) is 11.5 Å². The van der Waals surface area contributed by atoms with Crippen molar-refractivity contribution in [1.29, 1.82) is 0 Å². The van der Waals surface area contributed by atoms with Crippen molar-refractivity contribution in [2.75, 3.05) is 6.54 Å². The molecule has 1 aromatic carbocycles. The Morgan fingerprint density at radius 3 is 2.91 bits per heavy atom. The summed E-state index contributed by atoms with van der Waals surface area (Å²) in [4.78, 5) is 32.6. The van der Waals surface area contributed by atoms with E-state index in [1.807, 2.05) is 18.2 Å². The maximum absolute atomic E-state index is 14.1. The molecule has 7 nitrogen and oxygen atoms in total. The first kappa shape index (κ1) is 19.9. The fraction of sp³-hybridized carbons (Fsp3) is 0.346. The van der Waals surface area contributed by atoms with Crippen LogP contribution < -0.4 is 16.2 Å². The number of alkyl halides is 1. The minimum Gasteiger partial charge on any atom is -0.357 e. The normalized spacial score (nSPS) is 28.3. The van der Waals surface area contributed by atoms with E-state index in [0.29, 0.717) is 24.0 Å². The third kappa shape index (κ3) is 2.81. The molecule has 3 aliphatic carbocycles. The van der Waals surface area contributed by atoms with Gasteiger partial charge in [-0.15, -0.1) is 0 Å². The molecule has 3 N–H and O–H groups in total. The van der Waals surface area contributed by atoms with E-state index < -0.39 is 5.67 Å². The third-order valence-electron chi connectivity index (χ3n) is 8.13. The number of pyridine rings is 1. The topological polar surface area (TPSA) is 91.3 Å². The van der Waals surface area contributed by atoms with Gasteiger partial charge in [0.2, 0.25) is 0 Å². The molecule has 3 heterocycles. The van der Waals surface area contributed by atoms with Crippen molar-refractivity contribution in [2.45, 2.75) is 31.6 Å². The number of carbonyl (C=O) groups is 1. The fourth-order valence-corrected chi connectivity index (χ4v) is 6.52. The van der Waals surface area contributed by atoms with Crippen molar-refractivity contribution in [1.82, 2.24) is 25.0 Å². The van der Waals surface area contributed by atoms with Crippen molar-refractivity contribution in [3.05, 3.63) is 82.0 Å². The summed E-state index contributed by atoms with van der Waals surface area (Å²) < 4.78 is 15.5. The molecular weight excluding hydrogens is 433 g/mol. The minimum atomic E-state index is -0.796. The molecule has 4 atom stereocenters. The summed E-state index contributed by atoms with van der Waals surface area (Å²) in [5.41, 5.74) is 2.71. The van der Waals surface area contributed by atoms with Crippen molar-refractivity contribution >= 4 is 22.5 Å². The smallest absolute Gasteiger partial charge is 0.270 e. The van der Waals surface area contributed by atoms with Crippen LogP contribution in [0.15, 0.2) is 59.5 Å². The zero-order chi connectivity index (χ0) is 23.1. The zero-order valence-electron chi connectivity index (χ0n) is 18.5. The molecule has 3 saturated carbocycles. The molecule has 4 aromatic rings. The Balaban J connectivity index is 0.990. The van der Waals surface area contributed by atoms with Gasteiger partial charge in [-0.3, -0.25) is 14.0 Å². The van der Waals surface area contributed by atoms with E-state index in [1.54, 1.807) is 24.4 Å². The van der Waals surface area contributed by atoms with Crippen molar-refractivity contribution in [2.24, 2.45) is 17.3 Å². The average Bonchev–Trinajstić information content (AvgIpc) is 3.14. The average molecular weight is 458 g/mol. The maximum Gasteiger partial charge on any atom is 0.270 e. The van der Waals surface area contributed by atoms with Gasteiger partial charge in [0.15, 0.2) is 0 Å². The van der Waals surface area contributed by atoms with Gasteiger partial charge < -0.3 is 15.6 Å². The monoisotopic (exact) mass is 457 g/mol. The first-order valence-corrected chi connectivity index (χ1v) is 11.7. The minimum absolute atomic E-state index is 0.102. The second-order valence-corrected chi connectivity index (χ2v) is 10.2. The van der Waals surface area contributed by atoms with Crippen molar-refractivity contribution in [3.8, 4) is 0 Å². The maximum atomic E-state index is 14.1. The number of benzene rings is 1. The molecule has 34 heavy (non-hydrogen) atoms. The highest BCUT2D eigenvalue weighted by atomic mass is 19.1. The Hall–Kier alpha value is -3.52. The number of aromatic nitrogens is 3. The van der Waals surface area contributed by atoms with E-state index in [1.165, 1.54) is 10.5 Å². The Labute approximate surface area is 194 Å². The molecule has 8 heteroatoms. The van der Waals surface area contributed by atoms with Crippen molar-refractivity contribution < 1.29 is 9.18 Å². The van der Waals surface area contributed by atoms with E-state index in [4.69, 9.17) is 0 Å². The highest BCUT2D eigenvalue weighted by molar-refractivity contribution is 5.92. The first-order chi connectivity index (χ1) is 16.5. The molecule has 4 unspecified atom stereocenters. The SMILES string of the molecule is O=C(NCc1ccc2cc(CNCC34CC5C3C5(F)C4)[nH]c2c1)c1cc(=O)n2ccccc2n1. The van der Waals surface area contributed by atoms with Gasteiger partial charge in [-0.2, -0.15) is 0 Å². The summed E-state index contributed by atoms with van der Waals surface area (Å²) in [5, 5.41) is 7.47. The zero-order valence-corrected chi connectivity index (χ0v) is 18.5. The number of aromatic amines is 1. The van der Waals surface area contributed by atoms with Crippen molar-refractivity contribution in [3.63, 3.8) is 0 Å². The molecule has 0 aliphatic heterocycles. The van der Waals surface area contributed by atoms with E-state index >= 15 is 0 Å². The number of amides is 1. The second-order valence-electron chi connectivity index (χ2n) is 10.2. The van der Waals surface area contributed by atoms with Crippen LogP contribution in [0.4, 0.5) is 4.39 Å². The van der Waals surface area contributed by atoms with Crippen LogP contribution in [0.2, 0.25) is 0 Å². The highest BCUT2D eigenvalue weighted by Crippen LogP contribution is 2.88. The standard InChI is InChI=1S/C26H24FN5O2/c27-26-13-25(10-18(26)23(25)26)14-28-12-17-8-16-5-4-15(7-19(16)30-17)11-29-24(34)20-9-22(33)32-6-2-1-3-21(32)31-20/h1-9,18,23,28,30H,10-14H2,(H,29,34).